The van der Waals surface area contributed by atoms with E-state index < -0.39 is 0 Å². The van der Waals surface area contributed by atoms with Gasteiger partial charge in [0.15, 0.2) is 6.10 Å². The molecule has 1 heterocycles. The van der Waals surface area contributed by atoms with Gasteiger partial charge >= 0.3 is 0 Å². The van der Waals surface area contributed by atoms with E-state index in [1.807, 2.05) is 42.2 Å². The van der Waals surface area contributed by atoms with Gasteiger partial charge in [-0.3, -0.25) is 4.79 Å². The number of carbonyl (C=O) groups is 1. The van der Waals surface area contributed by atoms with Crippen LogP contribution in [0, 0.1) is 5.92 Å². The maximum Gasteiger partial charge on any atom is 0.263 e. The molecule has 19 heavy (non-hydrogen) atoms. The van der Waals surface area contributed by atoms with Crippen LogP contribution in [0.4, 0.5) is 0 Å². The topological polar surface area (TPSA) is 29.5 Å². The molecule has 1 aliphatic rings. The van der Waals surface area contributed by atoms with Gasteiger partial charge in [-0.2, -0.15) is 0 Å². The second kappa shape index (κ2) is 6.60. The average molecular weight is 261 g/mol. The Hall–Kier alpha value is -1.51. The van der Waals surface area contributed by atoms with Crippen molar-refractivity contribution in [3.8, 4) is 5.75 Å². The minimum Gasteiger partial charge on any atom is -0.481 e. The summed E-state index contributed by atoms with van der Waals surface area (Å²) >= 11 is 0. The maximum absolute atomic E-state index is 12.4. The van der Waals surface area contributed by atoms with E-state index in [2.05, 4.69) is 6.92 Å². The molecule has 0 unspecified atom stereocenters. The Kier molecular flexibility index (Phi) is 4.83. The van der Waals surface area contributed by atoms with Crippen molar-refractivity contribution in [3.63, 3.8) is 0 Å². The Bertz CT molecular complexity index is 396. The SMILES string of the molecule is CC[C@@H](Oc1ccccc1)C(=O)N1CCC(C)CC1. The summed E-state index contributed by atoms with van der Waals surface area (Å²) in [6.07, 6.45) is 2.57. The molecule has 3 nitrogen and oxygen atoms in total. The molecule has 0 saturated carbocycles. The van der Waals surface area contributed by atoms with Gasteiger partial charge in [-0.25, -0.2) is 0 Å². The molecule has 1 aliphatic heterocycles. The quantitative estimate of drug-likeness (QED) is 0.833. The number of hydrogen-bond donors (Lipinski definition) is 0. The summed E-state index contributed by atoms with van der Waals surface area (Å²) < 4.78 is 5.81. The first kappa shape index (κ1) is 13.9. The van der Waals surface area contributed by atoms with Gasteiger partial charge in [0.05, 0.1) is 0 Å². The van der Waals surface area contributed by atoms with Gasteiger partial charge in [0.25, 0.3) is 5.91 Å². The molecule has 0 N–H and O–H groups in total. The van der Waals surface area contributed by atoms with Gasteiger partial charge in [0.1, 0.15) is 5.75 Å². The molecule has 2 rings (SSSR count). The van der Waals surface area contributed by atoms with Crippen LogP contribution in [0.15, 0.2) is 30.3 Å². The molecule has 0 radical (unpaired) electrons. The molecule has 104 valence electrons. The molecule has 1 amide bonds. The first-order chi connectivity index (χ1) is 9.20. The smallest absolute Gasteiger partial charge is 0.263 e. The van der Waals surface area contributed by atoms with Crippen molar-refractivity contribution in [2.75, 3.05) is 13.1 Å². The minimum absolute atomic E-state index is 0.137. The second-order valence-electron chi connectivity index (χ2n) is 5.34. The zero-order valence-electron chi connectivity index (χ0n) is 11.8. The van der Waals surface area contributed by atoms with E-state index in [-0.39, 0.29) is 12.0 Å². The summed E-state index contributed by atoms with van der Waals surface area (Å²) in [5, 5.41) is 0. The highest BCUT2D eigenvalue weighted by Gasteiger charge is 2.27. The average Bonchev–Trinajstić information content (AvgIpc) is 2.46. The van der Waals surface area contributed by atoms with Crippen molar-refractivity contribution in [3.05, 3.63) is 30.3 Å². The molecule has 1 fully saturated rings. The fraction of sp³-hybridized carbons (Fsp3) is 0.562. The highest BCUT2D eigenvalue weighted by Crippen LogP contribution is 2.19. The summed E-state index contributed by atoms with van der Waals surface area (Å²) in [6, 6.07) is 9.59. The van der Waals surface area contributed by atoms with Crippen molar-refractivity contribution < 1.29 is 9.53 Å². The van der Waals surface area contributed by atoms with Gasteiger partial charge in [-0.05, 0) is 37.3 Å². The number of para-hydroxylation sites is 1. The first-order valence-corrected chi connectivity index (χ1v) is 7.21. The minimum atomic E-state index is -0.351. The fourth-order valence-electron chi connectivity index (χ4n) is 2.40. The molecule has 1 aromatic rings. The highest BCUT2D eigenvalue weighted by molar-refractivity contribution is 5.81. The van der Waals surface area contributed by atoms with Crippen LogP contribution in [-0.4, -0.2) is 30.0 Å². The van der Waals surface area contributed by atoms with E-state index in [9.17, 15) is 4.79 Å². The van der Waals surface area contributed by atoms with Crippen LogP contribution in [0.1, 0.15) is 33.1 Å². The lowest BCUT2D eigenvalue weighted by Crippen LogP contribution is -2.45. The number of carbonyl (C=O) groups excluding carboxylic acids is 1. The number of amides is 1. The van der Waals surface area contributed by atoms with Crippen molar-refractivity contribution in [2.45, 2.75) is 39.2 Å². The number of rotatable bonds is 4. The molecule has 0 bridgehead atoms. The van der Waals surface area contributed by atoms with E-state index in [0.29, 0.717) is 6.42 Å². The molecule has 1 aromatic carbocycles. The van der Waals surface area contributed by atoms with Crippen LogP contribution in [0.3, 0.4) is 0 Å². The lowest BCUT2D eigenvalue weighted by atomic mass is 9.99. The molecular weight excluding hydrogens is 238 g/mol. The predicted molar refractivity (Wildman–Crippen MR) is 76.1 cm³/mol. The number of likely N-dealkylation sites (tertiary alicyclic amines) is 1. The summed E-state index contributed by atoms with van der Waals surface area (Å²) in [5.41, 5.74) is 0. The number of piperidine rings is 1. The highest BCUT2D eigenvalue weighted by atomic mass is 16.5. The lowest BCUT2D eigenvalue weighted by molar-refractivity contribution is -0.140. The zero-order chi connectivity index (χ0) is 13.7. The van der Waals surface area contributed by atoms with Crippen LogP contribution in [0.2, 0.25) is 0 Å². The Morgan fingerprint density at radius 2 is 1.95 bits per heavy atom. The molecular formula is C16H23NO2. The molecule has 3 heteroatoms. The van der Waals surface area contributed by atoms with E-state index in [1.54, 1.807) is 0 Å². The Labute approximate surface area is 115 Å². The predicted octanol–water partition coefficient (Wildman–Crippen LogP) is 3.10. The number of nitrogens with zero attached hydrogens (tertiary/aromatic N) is 1. The van der Waals surface area contributed by atoms with Gasteiger partial charge in [0.2, 0.25) is 0 Å². The molecule has 1 atom stereocenters. The summed E-state index contributed by atoms with van der Waals surface area (Å²) in [6.45, 7) is 5.99. The summed E-state index contributed by atoms with van der Waals surface area (Å²) in [5.74, 6) is 1.64. The van der Waals surface area contributed by atoms with Crippen molar-refractivity contribution in [1.82, 2.24) is 4.90 Å². The lowest BCUT2D eigenvalue weighted by Gasteiger charge is -2.32. The number of ether oxygens (including phenoxy) is 1. The van der Waals surface area contributed by atoms with Crippen LogP contribution < -0.4 is 4.74 Å². The van der Waals surface area contributed by atoms with Crippen LogP contribution in [-0.2, 0) is 4.79 Å². The van der Waals surface area contributed by atoms with E-state index in [4.69, 9.17) is 4.74 Å². The Morgan fingerprint density at radius 3 is 2.53 bits per heavy atom. The van der Waals surface area contributed by atoms with Crippen LogP contribution in [0.25, 0.3) is 0 Å². The Balaban J connectivity index is 1.95. The number of benzene rings is 1. The van der Waals surface area contributed by atoms with E-state index in [0.717, 1.165) is 37.6 Å². The first-order valence-electron chi connectivity index (χ1n) is 7.21. The molecule has 0 spiro atoms. The summed E-state index contributed by atoms with van der Waals surface area (Å²) in [7, 11) is 0. The van der Waals surface area contributed by atoms with Crippen molar-refractivity contribution in [2.24, 2.45) is 5.92 Å². The summed E-state index contributed by atoms with van der Waals surface area (Å²) in [4.78, 5) is 14.4. The fourth-order valence-corrected chi connectivity index (χ4v) is 2.40. The molecule has 0 aliphatic carbocycles. The van der Waals surface area contributed by atoms with Gasteiger partial charge < -0.3 is 9.64 Å². The molecule has 0 aromatic heterocycles. The Morgan fingerprint density at radius 1 is 1.32 bits per heavy atom. The third-order valence-electron chi connectivity index (χ3n) is 3.76. The van der Waals surface area contributed by atoms with Crippen LogP contribution >= 0.6 is 0 Å². The maximum atomic E-state index is 12.4. The monoisotopic (exact) mass is 261 g/mol. The largest absolute Gasteiger partial charge is 0.481 e. The zero-order valence-corrected chi connectivity index (χ0v) is 11.8. The normalized spacial score (nSPS) is 18.1. The van der Waals surface area contributed by atoms with Crippen molar-refractivity contribution >= 4 is 5.91 Å². The molecule has 1 saturated heterocycles. The second-order valence-corrected chi connectivity index (χ2v) is 5.34. The van der Waals surface area contributed by atoms with Gasteiger partial charge in [-0.15, -0.1) is 0 Å². The van der Waals surface area contributed by atoms with Gasteiger partial charge in [0, 0.05) is 13.1 Å². The van der Waals surface area contributed by atoms with E-state index in [1.165, 1.54) is 0 Å². The third-order valence-corrected chi connectivity index (χ3v) is 3.76. The third kappa shape index (κ3) is 3.72. The van der Waals surface area contributed by atoms with Crippen LogP contribution in [0.5, 0.6) is 5.75 Å². The standard InChI is InChI=1S/C16H23NO2/c1-3-15(19-14-7-5-4-6-8-14)16(18)17-11-9-13(2)10-12-17/h4-8,13,15H,3,9-12H2,1-2H3/t15-/m1/s1. The van der Waals surface area contributed by atoms with E-state index >= 15 is 0 Å². The number of hydrogen-bond acceptors (Lipinski definition) is 2. The van der Waals surface area contributed by atoms with Gasteiger partial charge in [-0.1, -0.05) is 32.0 Å². The van der Waals surface area contributed by atoms with Crippen molar-refractivity contribution in [1.29, 1.82) is 0 Å².